The summed E-state index contributed by atoms with van der Waals surface area (Å²) in [5, 5.41) is 30.6. The van der Waals surface area contributed by atoms with Crippen molar-refractivity contribution in [3.63, 3.8) is 0 Å². The Morgan fingerprint density at radius 1 is 1.14 bits per heavy atom. The molecule has 0 unspecified atom stereocenters. The smallest absolute Gasteiger partial charge is 0.293 e. The second-order valence-corrected chi connectivity index (χ2v) is 10.9. The first-order chi connectivity index (χ1) is 17.3. The van der Waals surface area contributed by atoms with Gasteiger partial charge in [0.05, 0.1) is 11.9 Å². The van der Waals surface area contributed by atoms with Crippen LogP contribution >= 0.6 is 0 Å². The zero-order valence-corrected chi connectivity index (χ0v) is 22.8. The normalized spacial score (nSPS) is 12.6. The van der Waals surface area contributed by atoms with Gasteiger partial charge in [0.1, 0.15) is 5.75 Å². The minimum absolute atomic E-state index is 0.0345. The van der Waals surface area contributed by atoms with Crippen LogP contribution < -0.4 is 11.2 Å². The molecule has 4 N–H and O–H groups in total. The number of phenols is 1. The number of benzene rings is 1. The number of nitrogens with two attached hydrogens (primary N) is 1. The first-order valence-electron chi connectivity index (χ1n) is 12.2. The van der Waals surface area contributed by atoms with E-state index >= 15 is 0 Å². The third-order valence-electron chi connectivity index (χ3n) is 6.07. The number of aromatic nitrogens is 5. The highest BCUT2D eigenvalue weighted by Gasteiger charge is 2.27. The van der Waals surface area contributed by atoms with Gasteiger partial charge < -0.3 is 10.8 Å². The number of aromatic hydroxyl groups is 1. The number of phenolic OH excluding ortho intramolecular Hbond substituents is 1. The molecule has 2 heterocycles. The van der Waals surface area contributed by atoms with Crippen LogP contribution in [0.15, 0.2) is 21.9 Å². The van der Waals surface area contributed by atoms with Gasteiger partial charge in [-0.25, -0.2) is 10.1 Å². The van der Waals surface area contributed by atoms with Crippen LogP contribution in [0.5, 0.6) is 5.75 Å². The summed E-state index contributed by atoms with van der Waals surface area (Å²) in [6.45, 7) is 18.1. The fraction of sp³-hybridized carbons (Fsp3) is 0.520. The molecule has 1 aromatic carbocycles. The van der Waals surface area contributed by atoms with E-state index in [9.17, 15) is 9.90 Å². The van der Waals surface area contributed by atoms with Crippen LogP contribution in [-0.4, -0.2) is 60.5 Å². The van der Waals surface area contributed by atoms with Crippen molar-refractivity contribution in [1.82, 2.24) is 35.6 Å². The highest BCUT2D eigenvalue weighted by Crippen LogP contribution is 2.39. The van der Waals surface area contributed by atoms with E-state index in [0.717, 1.165) is 29.8 Å². The van der Waals surface area contributed by atoms with Gasteiger partial charge in [0, 0.05) is 17.7 Å². The first-order valence-corrected chi connectivity index (χ1v) is 12.2. The molecule has 0 fully saturated rings. The second kappa shape index (κ2) is 10.7. The van der Waals surface area contributed by atoms with Gasteiger partial charge >= 0.3 is 0 Å². The molecule has 3 rings (SSSR count). The lowest BCUT2D eigenvalue weighted by Crippen LogP contribution is -2.27. The van der Waals surface area contributed by atoms with E-state index in [0.29, 0.717) is 12.2 Å². The number of hydrogen-bond acceptors (Lipinski definition) is 10. The van der Waals surface area contributed by atoms with E-state index in [1.54, 1.807) is 6.21 Å². The number of hydrazone groups is 1. The molecule has 12 nitrogen and oxygen atoms in total. The molecular formula is C25H37N9O3. The lowest BCUT2D eigenvalue weighted by molar-refractivity contribution is 0.0948. The van der Waals surface area contributed by atoms with Gasteiger partial charge in [-0.05, 0) is 51.9 Å². The molecule has 0 aliphatic rings. The Morgan fingerprint density at radius 2 is 1.73 bits per heavy atom. The Balaban J connectivity index is 1.93. The molecule has 0 saturated carbocycles. The fourth-order valence-electron chi connectivity index (χ4n) is 3.88. The Morgan fingerprint density at radius 3 is 2.22 bits per heavy atom. The predicted molar refractivity (Wildman–Crippen MR) is 141 cm³/mol. The van der Waals surface area contributed by atoms with Crippen molar-refractivity contribution in [2.75, 3.05) is 18.8 Å². The molecule has 12 heteroatoms. The van der Waals surface area contributed by atoms with Crippen molar-refractivity contribution in [3.05, 3.63) is 40.2 Å². The van der Waals surface area contributed by atoms with Gasteiger partial charge in [0.2, 0.25) is 11.6 Å². The molecule has 0 bridgehead atoms. The Kier molecular flexibility index (Phi) is 8.01. The summed E-state index contributed by atoms with van der Waals surface area (Å²) in [4.78, 5) is 15.2. The monoisotopic (exact) mass is 511 g/mol. The van der Waals surface area contributed by atoms with Gasteiger partial charge in [-0.2, -0.15) is 9.78 Å². The predicted octanol–water partition coefficient (Wildman–Crippen LogP) is 3.14. The van der Waals surface area contributed by atoms with E-state index in [-0.39, 0.29) is 33.9 Å². The van der Waals surface area contributed by atoms with Crippen LogP contribution in [-0.2, 0) is 17.4 Å². The van der Waals surface area contributed by atoms with E-state index in [4.69, 9.17) is 10.4 Å². The van der Waals surface area contributed by atoms with Crippen LogP contribution in [0.25, 0.3) is 5.82 Å². The Bertz CT molecular complexity index is 1240. The maximum absolute atomic E-state index is 13.1. The van der Waals surface area contributed by atoms with E-state index in [1.807, 2.05) is 67.5 Å². The van der Waals surface area contributed by atoms with Crippen LogP contribution in [0.4, 0.5) is 5.82 Å². The van der Waals surface area contributed by atoms with Gasteiger partial charge in [0.15, 0.2) is 5.69 Å². The van der Waals surface area contributed by atoms with E-state index < -0.39 is 5.91 Å². The van der Waals surface area contributed by atoms with Crippen LogP contribution in [0.2, 0.25) is 0 Å². The molecule has 0 atom stereocenters. The average Bonchev–Trinajstić information content (AvgIpc) is 3.42. The minimum Gasteiger partial charge on any atom is -0.507 e. The molecule has 200 valence electrons. The summed E-state index contributed by atoms with van der Waals surface area (Å²) >= 11 is 0. The number of amides is 1. The first kappa shape index (κ1) is 27.8. The fourth-order valence-corrected chi connectivity index (χ4v) is 3.88. The number of anilines is 1. The number of carbonyl (C=O) groups excluding carboxylic acids is 1. The number of nitrogens with one attached hydrogen (secondary N) is 1. The zero-order chi connectivity index (χ0) is 27.5. The standard InChI is InChI=1S/C25H37N9O3/c1-9-33(10-2)14-18-19(28-32-34(18)22-21(26)30-37-31-22)23(36)29-27-13-15-11-16(24(3,4)5)20(35)17(12-15)25(6,7)8/h11-13,35H,9-10,14H2,1-8H3,(H2,26,30)(H,29,36)/b27-13-. The van der Waals surface area contributed by atoms with Crippen molar-refractivity contribution in [2.24, 2.45) is 5.10 Å². The van der Waals surface area contributed by atoms with Crippen LogP contribution in [0.3, 0.4) is 0 Å². The third-order valence-corrected chi connectivity index (χ3v) is 6.07. The number of carbonyl (C=O) groups is 1. The molecule has 37 heavy (non-hydrogen) atoms. The maximum atomic E-state index is 13.1. The summed E-state index contributed by atoms with van der Waals surface area (Å²) in [6.07, 6.45) is 1.55. The largest absolute Gasteiger partial charge is 0.507 e. The summed E-state index contributed by atoms with van der Waals surface area (Å²) in [5.41, 5.74) is 10.7. The Labute approximate surface area is 216 Å². The molecule has 3 aromatic rings. The highest BCUT2D eigenvalue weighted by molar-refractivity contribution is 5.94. The topological polar surface area (TPSA) is 161 Å². The molecule has 1 amide bonds. The van der Waals surface area contributed by atoms with E-state index in [2.05, 4.69) is 36.1 Å². The zero-order valence-electron chi connectivity index (χ0n) is 22.8. The van der Waals surface area contributed by atoms with Crippen molar-refractivity contribution in [3.8, 4) is 11.6 Å². The van der Waals surface area contributed by atoms with Gasteiger partial charge in [-0.15, -0.1) is 5.10 Å². The molecule has 0 aliphatic heterocycles. The lowest BCUT2D eigenvalue weighted by atomic mass is 9.78. The van der Waals surface area contributed by atoms with Crippen LogP contribution in [0, 0.1) is 0 Å². The van der Waals surface area contributed by atoms with Gasteiger partial charge in [-0.1, -0.05) is 60.6 Å². The van der Waals surface area contributed by atoms with E-state index in [1.165, 1.54) is 4.68 Å². The van der Waals surface area contributed by atoms with Crippen molar-refractivity contribution < 1.29 is 14.5 Å². The number of hydrogen-bond donors (Lipinski definition) is 3. The van der Waals surface area contributed by atoms with Crippen molar-refractivity contribution in [2.45, 2.75) is 72.8 Å². The molecule has 0 aliphatic carbocycles. The summed E-state index contributed by atoms with van der Waals surface area (Å²) in [6, 6.07) is 3.76. The number of nitrogen functional groups attached to an aromatic ring is 1. The molecule has 2 aromatic heterocycles. The lowest BCUT2D eigenvalue weighted by Gasteiger charge is -2.27. The molecule has 0 saturated heterocycles. The Hall–Kier alpha value is -3.80. The molecule has 0 radical (unpaired) electrons. The number of nitrogens with zero attached hydrogens (tertiary/aromatic N) is 7. The minimum atomic E-state index is -0.537. The SMILES string of the molecule is CCN(CC)Cc1c(C(=O)N/N=C\c2cc(C(C)(C)C)c(O)c(C(C)(C)C)c2)nnn1-c1nonc1N. The summed E-state index contributed by atoms with van der Waals surface area (Å²) in [5.74, 6) is -0.0657. The quantitative estimate of drug-likeness (QED) is 0.305. The summed E-state index contributed by atoms with van der Waals surface area (Å²) in [7, 11) is 0. The van der Waals surface area contributed by atoms with Crippen molar-refractivity contribution >= 4 is 17.9 Å². The molecule has 0 spiro atoms. The van der Waals surface area contributed by atoms with Gasteiger partial charge in [0.25, 0.3) is 5.91 Å². The summed E-state index contributed by atoms with van der Waals surface area (Å²) < 4.78 is 6.06. The van der Waals surface area contributed by atoms with Crippen molar-refractivity contribution in [1.29, 1.82) is 0 Å². The maximum Gasteiger partial charge on any atom is 0.293 e. The highest BCUT2D eigenvalue weighted by atomic mass is 16.6. The number of rotatable bonds is 8. The van der Waals surface area contributed by atoms with Crippen LogP contribution in [0.1, 0.15) is 88.3 Å². The average molecular weight is 512 g/mol. The van der Waals surface area contributed by atoms with Gasteiger partial charge in [-0.3, -0.25) is 9.69 Å². The molecular weight excluding hydrogens is 474 g/mol. The second-order valence-electron chi connectivity index (χ2n) is 10.9. The third kappa shape index (κ3) is 6.13.